The lowest BCUT2D eigenvalue weighted by atomic mass is 9.65. The van der Waals surface area contributed by atoms with Crippen LogP contribution in [0.4, 0.5) is 0 Å². The third-order valence-electron chi connectivity index (χ3n) is 5.56. The highest BCUT2D eigenvalue weighted by atomic mass is 16.3. The second kappa shape index (κ2) is 4.62. The van der Waals surface area contributed by atoms with E-state index in [1.54, 1.807) is 0 Å². The second-order valence-corrected chi connectivity index (χ2v) is 8.80. The molecule has 1 amide bonds. The van der Waals surface area contributed by atoms with Gasteiger partial charge in [0.15, 0.2) is 5.76 Å². The molecule has 2 fully saturated rings. The smallest absolute Gasteiger partial charge is 0.289 e. The maximum Gasteiger partial charge on any atom is 0.289 e. The Labute approximate surface area is 137 Å². The second-order valence-electron chi connectivity index (χ2n) is 8.80. The van der Waals surface area contributed by atoms with Crippen LogP contribution in [-0.2, 0) is 0 Å². The molecule has 2 heterocycles. The number of carbonyl (C=O) groups excluding carboxylic acids is 1. The maximum absolute atomic E-state index is 13.0. The molecule has 3 heteroatoms. The first-order valence-corrected chi connectivity index (χ1v) is 8.56. The number of nitrogens with zero attached hydrogens (tertiary/aromatic N) is 1. The van der Waals surface area contributed by atoms with Gasteiger partial charge in [-0.1, -0.05) is 32.9 Å². The van der Waals surface area contributed by atoms with Crippen molar-refractivity contribution < 1.29 is 9.21 Å². The highest BCUT2D eigenvalue weighted by Gasteiger charge is 2.51. The van der Waals surface area contributed by atoms with Gasteiger partial charge in [-0.15, -0.1) is 0 Å². The summed E-state index contributed by atoms with van der Waals surface area (Å²) in [7, 11) is 0. The van der Waals surface area contributed by atoms with E-state index in [4.69, 9.17) is 4.42 Å². The first-order chi connectivity index (χ1) is 10.7. The summed E-state index contributed by atoms with van der Waals surface area (Å²) in [5.74, 6) is 0.546. The Balaban J connectivity index is 1.66. The van der Waals surface area contributed by atoms with Crippen LogP contribution in [0, 0.1) is 17.8 Å². The fraction of sp³-hybridized carbons (Fsp3) is 0.550. The molecule has 2 aliphatic rings. The van der Waals surface area contributed by atoms with Crippen molar-refractivity contribution in [1.29, 1.82) is 0 Å². The summed E-state index contributed by atoms with van der Waals surface area (Å²) in [6.07, 6.45) is 3.41. The topological polar surface area (TPSA) is 33.5 Å². The van der Waals surface area contributed by atoms with Gasteiger partial charge in [-0.3, -0.25) is 4.79 Å². The quantitative estimate of drug-likeness (QED) is 0.759. The summed E-state index contributed by atoms with van der Waals surface area (Å²) in [6, 6.07) is 8.33. The van der Waals surface area contributed by atoms with Crippen LogP contribution in [0.25, 0.3) is 11.0 Å². The lowest BCUT2D eigenvalue weighted by Gasteiger charge is -2.39. The molecule has 1 aromatic heterocycles. The minimum absolute atomic E-state index is 0.0604. The van der Waals surface area contributed by atoms with Crippen LogP contribution >= 0.6 is 0 Å². The average molecular weight is 311 g/mol. The molecule has 2 unspecified atom stereocenters. The SMILES string of the molecule is Cc1ccc2cc(C(=O)N3CC4(C)CC3CC(C)(C)C4)oc2c1. The van der Waals surface area contributed by atoms with E-state index < -0.39 is 0 Å². The van der Waals surface area contributed by atoms with Crippen molar-refractivity contribution in [3.8, 4) is 0 Å². The number of likely N-dealkylation sites (tertiary alicyclic amines) is 1. The van der Waals surface area contributed by atoms with Gasteiger partial charge in [0.25, 0.3) is 5.91 Å². The zero-order chi connectivity index (χ0) is 16.4. The summed E-state index contributed by atoms with van der Waals surface area (Å²) in [5.41, 5.74) is 2.53. The molecular weight excluding hydrogens is 286 g/mol. The van der Waals surface area contributed by atoms with Gasteiger partial charge in [-0.2, -0.15) is 0 Å². The highest BCUT2D eigenvalue weighted by Crippen LogP contribution is 2.52. The molecule has 1 saturated heterocycles. The summed E-state index contributed by atoms with van der Waals surface area (Å²) in [4.78, 5) is 15.1. The standard InChI is InChI=1S/C20H25NO2/c1-13-5-6-14-8-17(23-16(14)7-13)18(22)21-12-20(4)10-15(21)9-19(2,3)11-20/h5-8,15H,9-12H2,1-4H3. The first kappa shape index (κ1) is 14.8. The van der Waals surface area contributed by atoms with E-state index in [1.165, 1.54) is 6.42 Å². The number of amides is 1. The van der Waals surface area contributed by atoms with Crippen molar-refractivity contribution in [3.05, 3.63) is 35.6 Å². The average Bonchev–Trinajstić information content (AvgIpc) is 2.94. The molecule has 122 valence electrons. The molecule has 2 bridgehead atoms. The normalized spacial score (nSPS) is 29.2. The monoisotopic (exact) mass is 311 g/mol. The minimum atomic E-state index is 0.0604. The highest BCUT2D eigenvalue weighted by molar-refractivity contribution is 5.96. The molecule has 1 aliphatic heterocycles. The van der Waals surface area contributed by atoms with E-state index >= 15 is 0 Å². The predicted octanol–water partition coefficient (Wildman–Crippen LogP) is 4.78. The lowest BCUT2D eigenvalue weighted by Crippen LogP contribution is -2.37. The fourth-order valence-corrected chi connectivity index (χ4v) is 5.08. The van der Waals surface area contributed by atoms with Gasteiger partial charge in [0.05, 0.1) is 0 Å². The molecule has 0 spiro atoms. The number of rotatable bonds is 1. The van der Waals surface area contributed by atoms with Crippen LogP contribution in [0.15, 0.2) is 28.7 Å². The number of carbonyl (C=O) groups is 1. The Bertz CT molecular complexity index is 788. The van der Waals surface area contributed by atoms with Crippen molar-refractivity contribution in [2.75, 3.05) is 6.54 Å². The number of hydrogen-bond donors (Lipinski definition) is 0. The molecule has 1 saturated carbocycles. The van der Waals surface area contributed by atoms with Gasteiger partial charge < -0.3 is 9.32 Å². The molecular formula is C20H25NO2. The molecule has 4 rings (SSSR count). The Kier molecular flexibility index (Phi) is 2.97. The van der Waals surface area contributed by atoms with Crippen molar-refractivity contribution >= 4 is 16.9 Å². The van der Waals surface area contributed by atoms with Crippen LogP contribution < -0.4 is 0 Å². The first-order valence-electron chi connectivity index (χ1n) is 8.56. The Morgan fingerprint density at radius 1 is 1.22 bits per heavy atom. The van der Waals surface area contributed by atoms with E-state index in [0.717, 1.165) is 35.9 Å². The molecule has 1 aromatic carbocycles. The van der Waals surface area contributed by atoms with E-state index in [1.807, 2.05) is 25.1 Å². The van der Waals surface area contributed by atoms with Crippen LogP contribution in [-0.4, -0.2) is 23.4 Å². The van der Waals surface area contributed by atoms with Gasteiger partial charge in [-0.25, -0.2) is 0 Å². The van der Waals surface area contributed by atoms with E-state index in [-0.39, 0.29) is 11.3 Å². The van der Waals surface area contributed by atoms with Crippen molar-refractivity contribution in [2.24, 2.45) is 10.8 Å². The maximum atomic E-state index is 13.0. The lowest BCUT2D eigenvalue weighted by molar-refractivity contribution is 0.0679. The molecule has 0 radical (unpaired) electrons. The third-order valence-corrected chi connectivity index (χ3v) is 5.56. The number of furan rings is 1. The van der Waals surface area contributed by atoms with Crippen LogP contribution in [0.3, 0.4) is 0 Å². The van der Waals surface area contributed by atoms with Gasteiger partial charge in [0, 0.05) is 18.0 Å². The van der Waals surface area contributed by atoms with E-state index in [9.17, 15) is 4.79 Å². The summed E-state index contributed by atoms with van der Waals surface area (Å²) in [6.45, 7) is 9.88. The largest absolute Gasteiger partial charge is 0.451 e. The molecule has 3 nitrogen and oxygen atoms in total. The van der Waals surface area contributed by atoms with Gasteiger partial charge in [-0.05, 0) is 54.7 Å². The van der Waals surface area contributed by atoms with E-state index in [0.29, 0.717) is 17.2 Å². The zero-order valence-corrected chi connectivity index (χ0v) is 14.5. The Morgan fingerprint density at radius 2 is 2.00 bits per heavy atom. The van der Waals surface area contributed by atoms with Gasteiger partial charge in [0.1, 0.15) is 5.58 Å². The Morgan fingerprint density at radius 3 is 2.78 bits per heavy atom. The zero-order valence-electron chi connectivity index (χ0n) is 14.5. The minimum Gasteiger partial charge on any atom is -0.451 e. The van der Waals surface area contributed by atoms with Gasteiger partial charge in [0.2, 0.25) is 0 Å². The number of benzene rings is 1. The third kappa shape index (κ3) is 2.46. The summed E-state index contributed by atoms with van der Waals surface area (Å²) in [5, 5.41) is 1.01. The van der Waals surface area contributed by atoms with Crippen molar-refractivity contribution in [3.63, 3.8) is 0 Å². The molecule has 23 heavy (non-hydrogen) atoms. The molecule has 1 aliphatic carbocycles. The summed E-state index contributed by atoms with van der Waals surface area (Å²) >= 11 is 0. The predicted molar refractivity (Wildman–Crippen MR) is 91.5 cm³/mol. The summed E-state index contributed by atoms with van der Waals surface area (Å²) < 4.78 is 5.87. The molecule has 2 aromatic rings. The van der Waals surface area contributed by atoms with E-state index in [2.05, 4.69) is 31.7 Å². The fourth-order valence-electron chi connectivity index (χ4n) is 5.08. The number of fused-ring (bicyclic) bond motifs is 3. The van der Waals surface area contributed by atoms with Crippen molar-refractivity contribution in [1.82, 2.24) is 4.90 Å². The van der Waals surface area contributed by atoms with Crippen LogP contribution in [0.5, 0.6) is 0 Å². The molecule has 2 atom stereocenters. The van der Waals surface area contributed by atoms with Gasteiger partial charge >= 0.3 is 0 Å². The van der Waals surface area contributed by atoms with Crippen molar-refractivity contribution in [2.45, 2.75) is 53.0 Å². The Hall–Kier alpha value is -1.77. The van der Waals surface area contributed by atoms with Crippen LogP contribution in [0.1, 0.15) is 56.2 Å². The number of hydrogen-bond acceptors (Lipinski definition) is 2. The van der Waals surface area contributed by atoms with Crippen LogP contribution in [0.2, 0.25) is 0 Å². The molecule has 0 N–H and O–H groups in total. The number of aryl methyl sites for hydroxylation is 1.